The van der Waals surface area contributed by atoms with E-state index in [4.69, 9.17) is 11.6 Å². The van der Waals surface area contributed by atoms with Crippen molar-refractivity contribution in [2.45, 2.75) is 52.5 Å². The van der Waals surface area contributed by atoms with Crippen molar-refractivity contribution in [1.82, 2.24) is 10.2 Å². The Morgan fingerprint density at radius 1 is 1.17 bits per heavy atom. The third kappa shape index (κ3) is 2.61. The molecule has 1 aliphatic rings. The van der Waals surface area contributed by atoms with Gasteiger partial charge in [0.1, 0.15) is 0 Å². The largest absolute Gasteiger partial charge is 0.355 e. The normalized spacial score (nSPS) is 24.1. The Kier molecular flexibility index (Phi) is 4.10. The van der Waals surface area contributed by atoms with E-state index in [1.165, 1.54) is 25.7 Å². The Hall–Kier alpha value is -0.830. The Labute approximate surface area is 115 Å². The second kappa shape index (κ2) is 5.43. The van der Waals surface area contributed by atoms with E-state index in [0.717, 1.165) is 22.9 Å². The molecule has 1 heterocycles. The minimum Gasteiger partial charge on any atom is -0.355 e. The van der Waals surface area contributed by atoms with Crippen molar-refractivity contribution >= 4 is 17.4 Å². The molecule has 1 fully saturated rings. The van der Waals surface area contributed by atoms with E-state index >= 15 is 0 Å². The van der Waals surface area contributed by atoms with Crippen LogP contribution in [0.5, 0.6) is 0 Å². The smallest absolute Gasteiger partial charge is 0.155 e. The predicted octanol–water partition coefficient (Wildman–Crippen LogP) is 3.76. The first-order valence-electron chi connectivity index (χ1n) is 6.73. The van der Waals surface area contributed by atoms with Gasteiger partial charge in [-0.15, -0.1) is 10.2 Å². The van der Waals surface area contributed by atoms with Gasteiger partial charge in [-0.3, -0.25) is 0 Å². The van der Waals surface area contributed by atoms with Gasteiger partial charge in [-0.05, 0) is 43.7 Å². The second-order valence-electron chi connectivity index (χ2n) is 5.60. The van der Waals surface area contributed by atoms with Crippen LogP contribution in [0.15, 0.2) is 0 Å². The van der Waals surface area contributed by atoms with Gasteiger partial charge >= 0.3 is 0 Å². The van der Waals surface area contributed by atoms with Gasteiger partial charge in [-0.2, -0.15) is 0 Å². The molecule has 100 valence electrons. The highest BCUT2D eigenvalue weighted by Gasteiger charge is 2.25. The molecular formula is C14H22ClN3. The maximum Gasteiger partial charge on any atom is 0.155 e. The summed E-state index contributed by atoms with van der Waals surface area (Å²) in [5.41, 5.74) is 2.19. The summed E-state index contributed by atoms with van der Waals surface area (Å²) in [6, 6.07) is 0.585. The average Bonchev–Trinajstić information content (AvgIpc) is 2.35. The molecule has 1 aromatic heterocycles. The monoisotopic (exact) mass is 267 g/mol. The van der Waals surface area contributed by atoms with Crippen LogP contribution in [0.1, 0.15) is 43.7 Å². The molecule has 1 saturated carbocycles. The SMILES string of the molecule is Cc1c(Cl)nnc(N(C)C2CCCC(C)C2)c1C. The fourth-order valence-corrected chi connectivity index (χ4v) is 3.01. The van der Waals surface area contributed by atoms with Crippen molar-refractivity contribution < 1.29 is 0 Å². The lowest BCUT2D eigenvalue weighted by atomic mass is 9.86. The van der Waals surface area contributed by atoms with Crippen LogP contribution in [-0.4, -0.2) is 23.3 Å². The minimum atomic E-state index is 0.515. The maximum absolute atomic E-state index is 6.01. The lowest BCUT2D eigenvalue weighted by Crippen LogP contribution is -2.36. The molecule has 0 saturated heterocycles. The minimum absolute atomic E-state index is 0.515. The highest BCUT2D eigenvalue weighted by atomic mass is 35.5. The summed E-state index contributed by atoms with van der Waals surface area (Å²) in [5.74, 6) is 1.80. The van der Waals surface area contributed by atoms with Gasteiger partial charge in [-0.1, -0.05) is 31.4 Å². The summed E-state index contributed by atoms with van der Waals surface area (Å²) >= 11 is 6.01. The van der Waals surface area contributed by atoms with E-state index in [9.17, 15) is 0 Å². The van der Waals surface area contributed by atoms with Crippen LogP contribution in [-0.2, 0) is 0 Å². The number of hydrogen-bond donors (Lipinski definition) is 0. The molecule has 2 unspecified atom stereocenters. The van der Waals surface area contributed by atoms with Crippen LogP contribution in [0.4, 0.5) is 5.82 Å². The summed E-state index contributed by atoms with van der Waals surface area (Å²) < 4.78 is 0. The van der Waals surface area contributed by atoms with Gasteiger partial charge in [0.25, 0.3) is 0 Å². The Bertz CT molecular complexity index is 433. The summed E-state index contributed by atoms with van der Waals surface area (Å²) in [6.07, 6.45) is 5.17. The van der Waals surface area contributed by atoms with Crippen molar-refractivity contribution in [3.8, 4) is 0 Å². The molecule has 0 amide bonds. The molecule has 1 aliphatic carbocycles. The zero-order chi connectivity index (χ0) is 13.3. The summed E-state index contributed by atoms with van der Waals surface area (Å²) in [5, 5.41) is 8.85. The van der Waals surface area contributed by atoms with Crippen LogP contribution in [0.2, 0.25) is 5.15 Å². The molecule has 0 aromatic carbocycles. The first-order chi connectivity index (χ1) is 8.50. The highest BCUT2D eigenvalue weighted by Crippen LogP contribution is 2.31. The van der Waals surface area contributed by atoms with Crippen LogP contribution >= 0.6 is 11.6 Å². The van der Waals surface area contributed by atoms with E-state index < -0.39 is 0 Å². The first-order valence-corrected chi connectivity index (χ1v) is 7.10. The van der Waals surface area contributed by atoms with Crippen molar-refractivity contribution in [3.05, 3.63) is 16.3 Å². The van der Waals surface area contributed by atoms with Gasteiger partial charge in [0, 0.05) is 13.1 Å². The number of halogens is 1. The molecule has 0 bridgehead atoms. The molecule has 3 nitrogen and oxygen atoms in total. The fraction of sp³-hybridized carbons (Fsp3) is 0.714. The van der Waals surface area contributed by atoms with Gasteiger partial charge < -0.3 is 4.90 Å². The van der Waals surface area contributed by atoms with Crippen LogP contribution in [0.25, 0.3) is 0 Å². The average molecular weight is 268 g/mol. The molecule has 0 radical (unpaired) electrons. The predicted molar refractivity (Wildman–Crippen MR) is 76.3 cm³/mol. The summed E-state index contributed by atoms with van der Waals surface area (Å²) in [7, 11) is 2.13. The van der Waals surface area contributed by atoms with Gasteiger partial charge in [0.15, 0.2) is 11.0 Å². The fourth-order valence-electron chi connectivity index (χ4n) is 2.83. The Balaban J connectivity index is 2.23. The lowest BCUT2D eigenvalue weighted by Gasteiger charge is -2.35. The van der Waals surface area contributed by atoms with Crippen molar-refractivity contribution in [1.29, 1.82) is 0 Å². The number of anilines is 1. The topological polar surface area (TPSA) is 29.0 Å². The number of aromatic nitrogens is 2. The summed E-state index contributed by atoms with van der Waals surface area (Å²) in [4.78, 5) is 2.29. The molecule has 18 heavy (non-hydrogen) atoms. The molecule has 0 aliphatic heterocycles. The zero-order valence-corrected chi connectivity index (χ0v) is 12.5. The van der Waals surface area contributed by atoms with Crippen molar-refractivity contribution in [2.75, 3.05) is 11.9 Å². The van der Waals surface area contributed by atoms with Crippen molar-refractivity contribution in [3.63, 3.8) is 0 Å². The molecule has 0 N–H and O–H groups in total. The number of rotatable bonds is 2. The maximum atomic E-state index is 6.01. The lowest BCUT2D eigenvalue weighted by molar-refractivity contribution is 0.335. The van der Waals surface area contributed by atoms with Gasteiger partial charge in [0.2, 0.25) is 0 Å². The second-order valence-corrected chi connectivity index (χ2v) is 5.96. The van der Waals surface area contributed by atoms with Crippen LogP contribution in [0.3, 0.4) is 0 Å². The van der Waals surface area contributed by atoms with E-state index in [0.29, 0.717) is 11.2 Å². The first kappa shape index (κ1) is 13.6. The third-order valence-electron chi connectivity index (χ3n) is 4.23. The molecule has 2 atom stereocenters. The standard InChI is InChI=1S/C14H22ClN3/c1-9-6-5-7-12(8-9)18(4)14-11(3)10(2)13(15)16-17-14/h9,12H,5-8H2,1-4H3. The van der Waals surface area contributed by atoms with Gasteiger partial charge in [-0.25, -0.2) is 0 Å². The molecule has 2 rings (SSSR count). The molecule has 1 aromatic rings. The van der Waals surface area contributed by atoms with E-state index in [-0.39, 0.29) is 0 Å². The van der Waals surface area contributed by atoms with Crippen molar-refractivity contribution in [2.24, 2.45) is 5.92 Å². The molecule has 4 heteroatoms. The van der Waals surface area contributed by atoms with E-state index in [1.54, 1.807) is 0 Å². The Morgan fingerprint density at radius 3 is 2.56 bits per heavy atom. The molecular weight excluding hydrogens is 246 g/mol. The van der Waals surface area contributed by atoms with Crippen LogP contribution in [0, 0.1) is 19.8 Å². The van der Waals surface area contributed by atoms with Gasteiger partial charge in [0.05, 0.1) is 0 Å². The van der Waals surface area contributed by atoms with E-state index in [2.05, 4.69) is 36.0 Å². The Morgan fingerprint density at radius 2 is 1.89 bits per heavy atom. The molecule has 0 spiro atoms. The third-order valence-corrected chi connectivity index (χ3v) is 4.59. The quantitative estimate of drug-likeness (QED) is 0.817. The number of nitrogens with zero attached hydrogens (tertiary/aromatic N) is 3. The highest BCUT2D eigenvalue weighted by molar-refractivity contribution is 6.30. The van der Waals surface area contributed by atoms with Crippen LogP contribution < -0.4 is 4.90 Å². The van der Waals surface area contributed by atoms with E-state index in [1.807, 2.05) is 6.92 Å². The zero-order valence-electron chi connectivity index (χ0n) is 11.7. The summed E-state index contributed by atoms with van der Waals surface area (Å²) in [6.45, 7) is 6.42. The number of hydrogen-bond acceptors (Lipinski definition) is 3.